The van der Waals surface area contributed by atoms with Crippen LogP contribution >= 0.6 is 0 Å². The van der Waals surface area contributed by atoms with Gasteiger partial charge in [0.2, 0.25) is 0 Å². The van der Waals surface area contributed by atoms with Crippen LogP contribution in [0.2, 0.25) is 0 Å². The molecule has 1 aliphatic heterocycles. The Balaban J connectivity index is 1.62. The first-order chi connectivity index (χ1) is 11.7. The lowest BCUT2D eigenvalue weighted by atomic mass is 10.2. The Morgan fingerprint density at radius 3 is 2.88 bits per heavy atom. The summed E-state index contributed by atoms with van der Waals surface area (Å²) in [5, 5.41) is 0. The van der Waals surface area contributed by atoms with Crippen molar-refractivity contribution >= 4 is 5.91 Å². The SMILES string of the molecule is Cc1ocnc1C(=O)N(CCOc1ccccc1)C[C@@H]1CCCO1. The molecule has 0 radical (unpaired) electrons. The summed E-state index contributed by atoms with van der Waals surface area (Å²) in [5.74, 6) is 1.18. The van der Waals surface area contributed by atoms with E-state index in [9.17, 15) is 4.79 Å². The van der Waals surface area contributed by atoms with E-state index in [-0.39, 0.29) is 12.0 Å². The lowest BCUT2D eigenvalue weighted by Gasteiger charge is -2.25. The van der Waals surface area contributed by atoms with E-state index in [1.54, 1.807) is 11.8 Å². The minimum absolute atomic E-state index is 0.0814. The minimum Gasteiger partial charge on any atom is -0.492 e. The van der Waals surface area contributed by atoms with Gasteiger partial charge in [0.05, 0.1) is 12.6 Å². The van der Waals surface area contributed by atoms with E-state index >= 15 is 0 Å². The Bertz CT molecular complexity index is 650. The third-order valence-electron chi connectivity index (χ3n) is 4.06. The number of aromatic nitrogens is 1. The predicted octanol–water partition coefficient (Wildman–Crippen LogP) is 2.68. The molecular weight excluding hydrogens is 308 g/mol. The molecule has 6 nitrogen and oxygen atoms in total. The van der Waals surface area contributed by atoms with Crippen LogP contribution in [0.25, 0.3) is 0 Å². The van der Waals surface area contributed by atoms with Gasteiger partial charge in [0.25, 0.3) is 5.91 Å². The van der Waals surface area contributed by atoms with Crippen LogP contribution in [0.4, 0.5) is 0 Å². The van der Waals surface area contributed by atoms with Crippen molar-refractivity contribution in [2.24, 2.45) is 0 Å². The molecule has 128 valence electrons. The number of rotatable bonds is 7. The number of aryl methyl sites for hydroxylation is 1. The van der Waals surface area contributed by atoms with Crippen LogP contribution in [0.1, 0.15) is 29.1 Å². The van der Waals surface area contributed by atoms with Crippen LogP contribution in [0.15, 0.2) is 41.1 Å². The van der Waals surface area contributed by atoms with Crippen molar-refractivity contribution in [2.45, 2.75) is 25.9 Å². The van der Waals surface area contributed by atoms with Crippen molar-refractivity contribution in [2.75, 3.05) is 26.3 Å². The number of carbonyl (C=O) groups excluding carboxylic acids is 1. The largest absolute Gasteiger partial charge is 0.492 e. The fraction of sp³-hybridized carbons (Fsp3) is 0.444. The Morgan fingerprint density at radius 1 is 1.38 bits per heavy atom. The Kier molecular flexibility index (Phi) is 5.48. The van der Waals surface area contributed by atoms with Crippen LogP contribution in [-0.2, 0) is 4.74 Å². The number of hydrogen-bond donors (Lipinski definition) is 0. The first kappa shape index (κ1) is 16.5. The quantitative estimate of drug-likeness (QED) is 0.781. The molecule has 1 aromatic heterocycles. The minimum atomic E-state index is -0.145. The molecule has 24 heavy (non-hydrogen) atoms. The van der Waals surface area contributed by atoms with Gasteiger partial charge in [-0.1, -0.05) is 18.2 Å². The van der Waals surface area contributed by atoms with Gasteiger partial charge in [-0.15, -0.1) is 0 Å². The molecule has 2 aromatic rings. The zero-order valence-corrected chi connectivity index (χ0v) is 13.8. The van der Waals surface area contributed by atoms with Gasteiger partial charge in [0, 0.05) is 13.2 Å². The second-order valence-electron chi connectivity index (χ2n) is 5.80. The van der Waals surface area contributed by atoms with Crippen molar-refractivity contribution in [3.05, 3.63) is 48.2 Å². The van der Waals surface area contributed by atoms with E-state index in [1.165, 1.54) is 6.39 Å². The number of nitrogens with zero attached hydrogens (tertiary/aromatic N) is 2. The van der Waals surface area contributed by atoms with Gasteiger partial charge in [0.1, 0.15) is 18.1 Å². The van der Waals surface area contributed by atoms with Gasteiger partial charge in [0.15, 0.2) is 12.1 Å². The molecule has 1 atom stereocenters. The summed E-state index contributed by atoms with van der Waals surface area (Å²) >= 11 is 0. The highest BCUT2D eigenvalue weighted by atomic mass is 16.5. The Morgan fingerprint density at radius 2 is 2.21 bits per heavy atom. The molecule has 0 N–H and O–H groups in total. The van der Waals surface area contributed by atoms with Gasteiger partial charge in [-0.05, 0) is 31.9 Å². The molecule has 0 bridgehead atoms. The summed E-state index contributed by atoms with van der Waals surface area (Å²) in [6.07, 6.45) is 3.39. The number of ether oxygens (including phenoxy) is 2. The van der Waals surface area contributed by atoms with Crippen LogP contribution in [-0.4, -0.2) is 48.2 Å². The van der Waals surface area contributed by atoms with Crippen LogP contribution in [0.5, 0.6) is 5.75 Å². The zero-order chi connectivity index (χ0) is 16.8. The predicted molar refractivity (Wildman–Crippen MR) is 88.1 cm³/mol. The van der Waals surface area contributed by atoms with Crippen molar-refractivity contribution in [3.8, 4) is 5.75 Å². The zero-order valence-electron chi connectivity index (χ0n) is 13.8. The molecule has 1 fully saturated rings. The molecule has 6 heteroatoms. The number of amides is 1. The molecule has 1 aromatic carbocycles. The summed E-state index contributed by atoms with van der Waals surface area (Å²) in [6.45, 7) is 3.93. The first-order valence-corrected chi connectivity index (χ1v) is 8.23. The summed E-state index contributed by atoms with van der Waals surface area (Å²) in [4.78, 5) is 18.5. The summed E-state index contributed by atoms with van der Waals surface area (Å²) < 4.78 is 16.5. The highest BCUT2D eigenvalue weighted by Gasteiger charge is 2.26. The number of benzene rings is 1. The highest BCUT2D eigenvalue weighted by molar-refractivity contribution is 5.93. The number of carbonyl (C=O) groups is 1. The van der Waals surface area contributed by atoms with Gasteiger partial charge in [-0.25, -0.2) is 4.98 Å². The van der Waals surface area contributed by atoms with E-state index in [4.69, 9.17) is 13.9 Å². The van der Waals surface area contributed by atoms with Gasteiger partial charge < -0.3 is 18.8 Å². The van der Waals surface area contributed by atoms with Crippen LogP contribution in [0.3, 0.4) is 0 Å². The summed E-state index contributed by atoms with van der Waals surface area (Å²) in [5.41, 5.74) is 0.354. The summed E-state index contributed by atoms with van der Waals surface area (Å²) in [6, 6.07) is 9.57. The molecule has 0 aliphatic carbocycles. The molecule has 2 heterocycles. The monoisotopic (exact) mass is 330 g/mol. The second kappa shape index (κ2) is 7.97. The lowest BCUT2D eigenvalue weighted by molar-refractivity contribution is 0.0488. The maximum absolute atomic E-state index is 12.7. The lowest BCUT2D eigenvalue weighted by Crippen LogP contribution is -2.40. The van der Waals surface area contributed by atoms with Gasteiger partial charge >= 0.3 is 0 Å². The van der Waals surface area contributed by atoms with E-state index in [2.05, 4.69) is 4.98 Å². The van der Waals surface area contributed by atoms with Crippen molar-refractivity contribution < 1.29 is 18.7 Å². The molecule has 1 amide bonds. The molecule has 0 saturated carbocycles. The molecule has 1 saturated heterocycles. The van der Waals surface area contributed by atoms with E-state index < -0.39 is 0 Å². The molecule has 3 rings (SSSR count). The van der Waals surface area contributed by atoms with E-state index in [0.29, 0.717) is 31.2 Å². The Hall–Kier alpha value is -2.34. The highest BCUT2D eigenvalue weighted by Crippen LogP contribution is 2.16. The Labute approximate surface area is 141 Å². The fourth-order valence-corrected chi connectivity index (χ4v) is 2.76. The van der Waals surface area contributed by atoms with Gasteiger partial charge in [-0.3, -0.25) is 4.79 Å². The number of para-hydroxylation sites is 1. The number of hydrogen-bond acceptors (Lipinski definition) is 5. The average Bonchev–Trinajstić information content (AvgIpc) is 3.26. The molecular formula is C18H22N2O4. The maximum Gasteiger partial charge on any atom is 0.276 e. The van der Waals surface area contributed by atoms with E-state index in [1.807, 2.05) is 30.3 Å². The van der Waals surface area contributed by atoms with Crippen LogP contribution in [0, 0.1) is 6.92 Å². The van der Waals surface area contributed by atoms with Crippen molar-refractivity contribution in [1.82, 2.24) is 9.88 Å². The van der Waals surface area contributed by atoms with Crippen LogP contribution < -0.4 is 4.74 Å². The smallest absolute Gasteiger partial charge is 0.276 e. The van der Waals surface area contributed by atoms with Gasteiger partial charge in [-0.2, -0.15) is 0 Å². The summed E-state index contributed by atoms with van der Waals surface area (Å²) in [7, 11) is 0. The van der Waals surface area contributed by atoms with Crippen molar-refractivity contribution in [1.29, 1.82) is 0 Å². The average molecular weight is 330 g/mol. The third-order valence-corrected chi connectivity index (χ3v) is 4.06. The van der Waals surface area contributed by atoms with Crippen molar-refractivity contribution in [3.63, 3.8) is 0 Å². The molecule has 0 spiro atoms. The number of oxazole rings is 1. The maximum atomic E-state index is 12.7. The second-order valence-corrected chi connectivity index (χ2v) is 5.80. The third kappa shape index (κ3) is 4.14. The first-order valence-electron chi connectivity index (χ1n) is 8.23. The molecule has 1 aliphatic rings. The molecule has 0 unspecified atom stereocenters. The topological polar surface area (TPSA) is 64.8 Å². The normalized spacial score (nSPS) is 17.0. The van der Waals surface area contributed by atoms with E-state index in [0.717, 1.165) is 25.2 Å². The fourth-order valence-electron chi connectivity index (χ4n) is 2.76. The standard InChI is InChI=1S/C18H22N2O4/c1-14-17(19-13-24-14)18(21)20(12-16-8-5-10-22-16)9-11-23-15-6-3-2-4-7-15/h2-4,6-7,13,16H,5,8-12H2,1H3/t16-/m0/s1.